The summed E-state index contributed by atoms with van der Waals surface area (Å²) in [5.41, 5.74) is 0. The molecule has 0 aromatic carbocycles. The van der Waals surface area contributed by atoms with Gasteiger partial charge in [-0.1, -0.05) is 46.5 Å². The van der Waals surface area contributed by atoms with Gasteiger partial charge in [-0.05, 0) is 38.3 Å². The number of hydrogen-bond donors (Lipinski definition) is 0. The van der Waals surface area contributed by atoms with Crippen LogP contribution in [0.25, 0.3) is 0 Å². The van der Waals surface area contributed by atoms with Gasteiger partial charge in [0.2, 0.25) is 0 Å². The van der Waals surface area contributed by atoms with Gasteiger partial charge in [-0.25, -0.2) is 0 Å². The van der Waals surface area contributed by atoms with Crippen LogP contribution in [0.15, 0.2) is 0 Å². The summed E-state index contributed by atoms with van der Waals surface area (Å²) < 4.78 is 0. The quantitative estimate of drug-likeness (QED) is 0.598. The van der Waals surface area contributed by atoms with Gasteiger partial charge in [-0.3, -0.25) is 0 Å². The third kappa shape index (κ3) is 4.14. The maximum absolute atomic E-state index is 2.74. The molecule has 1 aliphatic rings. The average Bonchev–Trinajstić information content (AvgIpc) is 2.26. The van der Waals surface area contributed by atoms with Gasteiger partial charge >= 0.3 is 0 Å². The molecule has 0 bridgehead atoms. The van der Waals surface area contributed by atoms with E-state index in [4.69, 9.17) is 0 Å². The van der Waals surface area contributed by atoms with E-state index >= 15 is 0 Å². The molecule has 0 aliphatic heterocycles. The van der Waals surface area contributed by atoms with E-state index in [0.29, 0.717) is 0 Å². The molecule has 0 saturated heterocycles. The molecule has 0 aromatic rings. The first-order chi connectivity index (χ1) is 7.29. The van der Waals surface area contributed by atoms with Crippen molar-refractivity contribution < 1.29 is 0 Å². The second kappa shape index (κ2) is 7.27. The number of nitrogens with zero attached hydrogens (tertiary/aromatic N) is 1. The molecule has 0 heterocycles. The molecule has 1 heteroatoms. The van der Waals surface area contributed by atoms with Crippen LogP contribution >= 0.6 is 0 Å². The smallest absolute Gasteiger partial charge is 0.0121 e. The number of rotatable bonds is 6. The van der Waals surface area contributed by atoms with Crippen molar-refractivity contribution in [3.63, 3.8) is 0 Å². The molecule has 1 aliphatic carbocycles. The van der Waals surface area contributed by atoms with Gasteiger partial charge in [0, 0.05) is 6.04 Å². The molecular weight excluding hydrogens is 182 g/mol. The lowest BCUT2D eigenvalue weighted by Gasteiger charge is -2.38. The Morgan fingerprint density at radius 2 is 1.80 bits per heavy atom. The first-order valence-electron chi connectivity index (χ1n) is 7.03. The Bertz CT molecular complexity index is 155. The van der Waals surface area contributed by atoms with Gasteiger partial charge < -0.3 is 4.90 Å². The highest BCUT2D eigenvalue weighted by molar-refractivity contribution is 4.80. The average molecular weight is 211 g/mol. The molecule has 2 atom stereocenters. The molecule has 0 amide bonds. The minimum absolute atomic E-state index is 0.889. The summed E-state index contributed by atoms with van der Waals surface area (Å²) in [5, 5.41) is 0. The Balaban J connectivity index is 2.34. The van der Waals surface area contributed by atoms with Crippen LogP contribution in [-0.2, 0) is 0 Å². The van der Waals surface area contributed by atoms with Gasteiger partial charge in [0.1, 0.15) is 0 Å². The Labute approximate surface area is 96.2 Å². The van der Waals surface area contributed by atoms with Crippen molar-refractivity contribution in [1.29, 1.82) is 0 Å². The summed E-state index contributed by atoms with van der Waals surface area (Å²) in [6, 6.07) is 0.889. The zero-order chi connectivity index (χ0) is 11.1. The third-order valence-corrected chi connectivity index (χ3v) is 3.99. The standard InChI is InChI=1S/C14H29N/c1-4-6-9-12-15(5-2)14-11-8-7-10-13(14)3/h13-14H,4-12H2,1-3H3. The third-order valence-electron chi connectivity index (χ3n) is 3.99. The summed E-state index contributed by atoms with van der Waals surface area (Å²) >= 11 is 0. The van der Waals surface area contributed by atoms with Gasteiger partial charge in [0.25, 0.3) is 0 Å². The fraction of sp³-hybridized carbons (Fsp3) is 1.00. The molecule has 0 aromatic heterocycles. The van der Waals surface area contributed by atoms with Crippen molar-refractivity contribution in [3.05, 3.63) is 0 Å². The zero-order valence-electron chi connectivity index (χ0n) is 11.0. The van der Waals surface area contributed by atoms with Crippen LogP contribution in [-0.4, -0.2) is 24.0 Å². The van der Waals surface area contributed by atoms with E-state index in [9.17, 15) is 0 Å². The highest BCUT2D eigenvalue weighted by Crippen LogP contribution is 2.28. The normalized spacial score (nSPS) is 27.2. The first-order valence-corrected chi connectivity index (χ1v) is 7.03. The van der Waals surface area contributed by atoms with E-state index in [2.05, 4.69) is 25.7 Å². The van der Waals surface area contributed by atoms with Crippen LogP contribution < -0.4 is 0 Å². The van der Waals surface area contributed by atoms with E-state index in [1.807, 2.05) is 0 Å². The Kier molecular flexibility index (Phi) is 6.31. The van der Waals surface area contributed by atoms with Crippen molar-refractivity contribution in [2.24, 2.45) is 5.92 Å². The topological polar surface area (TPSA) is 3.24 Å². The predicted molar refractivity (Wildman–Crippen MR) is 68.2 cm³/mol. The Morgan fingerprint density at radius 3 is 2.40 bits per heavy atom. The fourth-order valence-corrected chi connectivity index (χ4v) is 2.96. The van der Waals surface area contributed by atoms with Crippen molar-refractivity contribution in [3.8, 4) is 0 Å². The van der Waals surface area contributed by atoms with Gasteiger partial charge in [-0.2, -0.15) is 0 Å². The monoisotopic (exact) mass is 211 g/mol. The molecule has 1 nitrogen and oxygen atoms in total. The van der Waals surface area contributed by atoms with Crippen LogP contribution in [0, 0.1) is 5.92 Å². The van der Waals surface area contributed by atoms with Crippen LogP contribution in [0.3, 0.4) is 0 Å². The van der Waals surface area contributed by atoms with Crippen LogP contribution in [0.4, 0.5) is 0 Å². The maximum Gasteiger partial charge on any atom is 0.0121 e. The lowest BCUT2D eigenvalue weighted by molar-refractivity contribution is 0.115. The largest absolute Gasteiger partial charge is 0.300 e. The fourth-order valence-electron chi connectivity index (χ4n) is 2.96. The van der Waals surface area contributed by atoms with E-state index in [1.54, 1.807) is 0 Å². The summed E-state index contributed by atoms with van der Waals surface area (Å²) in [5.74, 6) is 0.931. The Morgan fingerprint density at radius 1 is 1.07 bits per heavy atom. The van der Waals surface area contributed by atoms with Crippen molar-refractivity contribution in [2.45, 2.75) is 71.8 Å². The second-order valence-corrected chi connectivity index (χ2v) is 5.16. The maximum atomic E-state index is 2.74. The van der Waals surface area contributed by atoms with Crippen LogP contribution in [0.2, 0.25) is 0 Å². The summed E-state index contributed by atoms with van der Waals surface area (Å²) in [6.07, 6.45) is 9.96. The second-order valence-electron chi connectivity index (χ2n) is 5.16. The van der Waals surface area contributed by atoms with Gasteiger partial charge in [-0.15, -0.1) is 0 Å². The molecule has 0 spiro atoms. The van der Waals surface area contributed by atoms with Crippen molar-refractivity contribution in [2.75, 3.05) is 13.1 Å². The first kappa shape index (κ1) is 13.0. The summed E-state index contributed by atoms with van der Waals surface area (Å²) in [7, 11) is 0. The number of unbranched alkanes of at least 4 members (excludes halogenated alkanes) is 2. The molecule has 15 heavy (non-hydrogen) atoms. The SMILES string of the molecule is CCCCCN(CC)C1CCCCC1C. The molecule has 0 N–H and O–H groups in total. The Hall–Kier alpha value is -0.0400. The molecule has 2 unspecified atom stereocenters. The van der Waals surface area contributed by atoms with Crippen LogP contribution in [0.1, 0.15) is 65.7 Å². The van der Waals surface area contributed by atoms with E-state index < -0.39 is 0 Å². The zero-order valence-corrected chi connectivity index (χ0v) is 11.0. The predicted octanol–water partition coefficient (Wildman–Crippen LogP) is 4.08. The van der Waals surface area contributed by atoms with E-state index in [1.165, 1.54) is 58.0 Å². The molecule has 90 valence electrons. The molecular formula is C14H29N. The molecule has 1 saturated carbocycles. The summed E-state index contributed by atoms with van der Waals surface area (Å²) in [4.78, 5) is 2.74. The lowest BCUT2D eigenvalue weighted by atomic mass is 9.85. The van der Waals surface area contributed by atoms with Crippen molar-refractivity contribution >= 4 is 0 Å². The van der Waals surface area contributed by atoms with Crippen LogP contribution in [0.5, 0.6) is 0 Å². The number of hydrogen-bond acceptors (Lipinski definition) is 1. The molecule has 1 rings (SSSR count). The van der Waals surface area contributed by atoms with Crippen molar-refractivity contribution in [1.82, 2.24) is 4.90 Å². The lowest BCUT2D eigenvalue weighted by Crippen LogP contribution is -2.41. The van der Waals surface area contributed by atoms with Gasteiger partial charge in [0.15, 0.2) is 0 Å². The molecule has 0 radical (unpaired) electrons. The molecule has 1 fully saturated rings. The highest BCUT2D eigenvalue weighted by atomic mass is 15.1. The minimum atomic E-state index is 0.889. The van der Waals surface area contributed by atoms with E-state index in [-0.39, 0.29) is 0 Å². The van der Waals surface area contributed by atoms with E-state index in [0.717, 1.165) is 12.0 Å². The van der Waals surface area contributed by atoms with Gasteiger partial charge in [0.05, 0.1) is 0 Å². The minimum Gasteiger partial charge on any atom is -0.300 e. The summed E-state index contributed by atoms with van der Waals surface area (Å²) in [6.45, 7) is 9.65. The highest BCUT2D eigenvalue weighted by Gasteiger charge is 2.25.